The number of carbonyl (C=O) groups is 3. The highest BCUT2D eigenvalue weighted by Gasteiger charge is 2.21. The highest BCUT2D eigenvalue weighted by molar-refractivity contribution is 5.97. The van der Waals surface area contributed by atoms with Crippen molar-refractivity contribution in [2.24, 2.45) is 0 Å². The molecule has 0 aliphatic heterocycles. The molecule has 0 saturated carbocycles. The van der Waals surface area contributed by atoms with Crippen LogP contribution in [0.2, 0.25) is 0 Å². The predicted octanol–water partition coefficient (Wildman–Crippen LogP) is 1.52. The number of ether oxygens (including phenoxy) is 2. The normalized spacial score (nSPS) is 11.4. The molecule has 0 radical (unpaired) electrons. The SMILES string of the molecule is COC(=O)c1cc(C(=O)OC(C)C(C)=O)cc([N+](=O)[O-])c1. The molecule has 0 heterocycles. The van der Waals surface area contributed by atoms with E-state index in [0.717, 1.165) is 25.3 Å². The number of methoxy groups -OCH3 is 1. The van der Waals surface area contributed by atoms with Gasteiger partial charge in [0.2, 0.25) is 0 Å². The minimum atomic E-state index is -0.988. The van der Waals surface area contributed by atoms with Gasteiger partial charge in [-0.3, -0.25) is 14.9 Å². The molecule has 1 unspecified atom stereocenters. The lowest BCUT2D eigenvalue weighted by Gasteiger charge is -2.10. The molecule has 112 valence electrons. The van der Waals surface area contributed by atoms with Gasteiger partial charge in [0.15, 0.2) is 11.9 Å². The van der Waals surface area contributed by atoms with E-state index in [9.17, 15) is 24.5 Å². The number of carbonyl (C=O) groups excluding carboxylic acids is 3. The van der Waals surface area contributed by atoms with E-state index in [1.165, 1.54) is 13.8 Å². The van der Waals surface area contributed by atoms with Crippen molar-refractivity contribution >= 4 is 23.4 Å². The fourth-order valence-corrected chi connectivity index (χ4v) is 1.38. The zero-order chi connectivity index (χ0) is 16.2. The summed E-state index contributed by atoms with van der Waals surface area (Å²) in [5.74, 6) is -2.14. The molecule has 8 heteroatoms. The zero-order valence-electron chi connectivity index (χ0n) is 11.6. The molecule has 0 N–H and O–H groups in total. The van der Waals surface area contributed by atoms with Gasteiger partial charge in [-0.25, -0.2) is 9.59 Å². The number of esters is 2. The molecule has 0 saturated heterocycles. The smallest absolute Gasteiger partial charge is 0.339 e. The topological polar surface area (TPSA) is 113 Å². The second kappa shape index (κ2) is 6.60. The molecular formula is C13H13NO7. The maximum absolute atomic E-state index is 11.8. The lowest BCUT2D eigenvalue weighted by molar-refractivity contribution is -0.384. The van der Waals surface area contributed by atoms with E-state index in [2.05, 4.69) is 4.74 Å². The summed E-state index contributed by atoms with van der Waals surface area (Å²) in [5.41, 5.74) is -0.827. The van der Waals surface area contributed by atoms with Crippen molar-refractivity contribution in [3.63, 3.8) is 0 Å². The highest BCUT2D eigenvalue weighted by Crippen LogP contribution is 2.19. The summed E-state index contributed by atoms with van der Waals surface area (Å²) in [6.45, 7) is 2.62. The van der Waals surface area contributed by atoms with Crippen molar-refractivity contribution in [3.8, 4) is 0 Å². The van der Waals surface area contributed by atoms with Crippen molar-refractivity contribution in [1.29, 1.82) is 0 Å². The number of benzene rings is 1. The molecule has 1 atom stereocenters. The molecule has 0 spiro atoms. The van der Waals surface area contributed by atoms with Gasteiger partial charge in [0, 0.05) is 12.1 Å². The Morgan fingerprint density at radius 3 is 2.10 bits per heavy atom. The van der Waals surface area contributed by atoms with Crippen LogP contribution in [-0.4, -0.2) is 35.9 Å². The Bertz CT molecular complexity index is 609. The monoisotopic (exact) mass is 295 g/mol. The summed E-state index contributed by atoms with van der Waals surface area (Å²) in [7, 11) is 1.11. The number of non-ortho nitro benzene ring substituents is 1. The van der Waals surface area contributed by atoms with Crippen LogP contribution in [0.15, 0.2) is 18.2 Å². The molecular weight excluding hydrogens is 282 g/mol. The van der Waals surface area contributed by atoms with Gasteiger partial charge in [0.05, 0.1) is 23.2 Å². The molecule has 0 aliphatic rings. The third-order valence-corrected chi connectivity index (χ3v) is 2.64. The van der Waals surface area contributed by atoms with Crippen LogP contribution in [0.3, 0.4) is 0 Å². The van der Waals surface area contributed by atoms with E-state index in [0.29, 0.717) is 0 Å². The first kappa shape index (κ1) is 16.3. The molecule has 1 rings (SSSR count). The van der Waals surface area contributed by atoms with Gasteiger partial charge in [-0.05, 0) is 19.9 Å². The van der Waals surface area contributed by atoms with Crippen LogP contribution in [-0.2, 0) is 14.3 Å². The molecule has 8 nitrogen and oxygen atoms in total. The fourth-order valence-electron chi connectivity index (χ4n) is 1.38. The van der Waals surface area contributed by atoms with Gasteiger partial charge in [-0.15, -0.1) is 0 Å². The van der Waals surface area contributed by atoms with E-state index >= 15 is 0 Å². The van der Waals surface area contributed by atoms with E-state index in [4.69, 9.17) is 4.74 Å². The third kappa shape index (κ3) is 4.10. The summed E-state index contributed by atoms with van der Waals surface area (Å²) in [6, 6.07) is 3.05. The Labute approximate surface area is 119 Å². The fraction of sp³-hybridized carbons (Fsp3) is 0.308. The van der Waals surface area contributed by atoms with Crippen LogP contribution in [0.25, 0.3) is 0 Å². The second-order valence-corrected chi connectivity index (χ2v) is 4.18. The predicted molar refractivity (Wildman–Crippen MR) is 70.0 cm³/mol. The van der Waals surface area contributed by atoms with Crippen LogP contribution in [0, 0.1) is 10.1 Å². The Balaban J connectivity index is 3.19. The number of hydrogen-bond donors (Lipinski definition) is 0. The molecule has 21 heavy (non-hydrogen) atoms. The third-order valence-electron chi connectivity index (χ3n) is 2.64. The first-order valence-electron chi connectivity index (χ1n) is 5.85. The molecule has 0 bridgehead atoms. The molecule has 0 aromatic heterocycles. The van der Waals surface area contributed by atoms with Crippen LogP contribution >= 0.6 is 0 Å². The van der Waals surface area contributed by atoms with Crippen molar-refractivity contribution in [3.05, 3.63) is 39.4 Å². The van der Waals surface area contributed by atoms with Crippen LogP contribution in [0.1, 0.15) is 34.6 Å². The van der Waals surface area contributed by atoms with E-state index < -0.39 is 28.7 Å². The minimum Gasteiger partial charge on any atom is -0.465 e. The second-order valence-electron chi connectivity index (χ2n) is 4.18. The summed E-state index contributed by atoms with van der Waals surface area (Å²) >= 11 is 0. The molecule has 1 aromatic rings. The van der Waals surface area contributed by atoms with Crippen LogP contribution in [0.5, 0.6) is 0 Å². The maximum atomic E-state index is 11.8. The quantitative estimate of drug-likeness (QED) is 0.459. The van der Waals surface area contributed by atoms with Gasteiger partial charge < -0.3 is 9.47 Å². The minimum absolute atomic E-state index is 0.158. The first-order valence-corrected chi connectivity index (χ1v) is 5.85. The van der Waals surface area contributed by atoms with Crippen molar-refractivity contribution in [2.45, 2.75) is 20.0 Å². The molecule has 0 fully saturated rings. The Morgan fingerprint density at radius 1 is 1.14 bits per heavy atom. The van der Waals surface area contributed by atoms with Gasteiger partial charge in [-0.1, -0.05) is 0 Å². The van der Waals surface area contributed by atoms with Gasteiger partial charge in [-0.2, -0.15) is 0 Å². The summed E-state index contributed by atoms with van der Waals surface area (Å²) in [4.78, 5) is 44.4. The number of Topliss-reactive ketones (excluding diaryl/α,β-unsaturated/α-hetero) is 1. The number of ketones is 1. The van der Waals surface area contributed by atoms with Crippen LogP contribution in [0.4, 0.5) is 5.69 Å². The number of nitrogens with zero attached hydrogens (tertiary/aromatic N) is 1. The van der Waals surface area contributed by atoms with Crippen LogP contribution < -0.4 is 0 Å². The number of rotatable bonds is 5. The number of nitro groups is 1. The highest BCUT2D eigenvalue weighted by atomic mass is 16.6. The number of hydrogen-bond acceptors (Lipinski definition) is 7. The lowest BCUT2D eigenvalue weighted by Crippen LogP contribution is -2.22. The summed E-state index contributed by atoms with van der Waals surface area (Å²) in [6.07, 6.45) is -0.988. The summed E-state index contributed by atoms with van der Waals surface area (Å²) < 4.78 is 9.30. The van der Waals surface area contributed by atoms with Crippen molar-refractivity contribution in [2.75, 3.05) is 7.11 Å². The Morgan fingerprint density at radius 2 is 1.67 bits per heavy atom. The van der Waals surface area contributed by atoms with E-state index in [1.807, 2.05) is 0 Å². The van der Waals surface area contributed by atoms with Crippen molar-refractivity contribution in [1.82, 2.24) is 0 Å². The van der Waals surface area contributed by atoms with Gasteiger partial charge >= 0.3 is 11.9 Å². The average Bonchev–Trinajstić information content (AvgIpc) is 2.45. The zero-order valence-corrected chi connectivity index (χ0v) is 11.6. The molecule has 0 amide bonds. The standard InChI is InChI=1S/C13H13NO7/c1-7(15)8(2)21-13(17)10-4-9(12(16)20-3)5-11(6-10)14(18)19/h4-6,8H,1-3H3. The average molecular weight is 295 g/mol. The first-order chi connectivity index (χ1) is 9.76. The maximum Gasteiger partial charge on any atom is 0.339 e. The van der Waals surface area contributed by atoms with E-state index in [-0.39, 0.29) is 16.9 Å². The Kier molecular flexibility index (Phi) is 5.12. The molecule has 1 aromatic carbocycles. The van der Waals surface area contributed by atoms with Gasteiger partial charge in [0.1, 0.15) is 0 Å². The largest absolute Gasteiger partial charge is 0.465 e. The van der Waals surface area contributed by atoms with Gasteiger partial charge in [0.25, 0.3) is 5.69 Å². The number of nitro benzene ring substituents is 1. The van der Waals surface area contributed by atoms with E-state index in [1.54, 1.807) is 0 Å². The van der Waals surface area contributed by atoms with Crippen molar-refractivity contribution < 1.29 is 28.8 Å². The lowest BCUT2D eigenvalue weighted by atomic mass is 10.1. The summed E-state index contributed by atoms with van der Waals surface area (Å²) in [5, 5.41) is 10.8. The Hall–Kier alpha value is -2.77. The molecule has 0 aliphatic carbocycles.